The van der Waals surface area contributed by atoms with Crippen LogP contribution in [-0.2, 0) is 16.1 Å². The van der Waals surface area contributed by atoms with Crippen LogP contribution in [0.1, 0.15) is 19.4 Å². The van der Waals surface area contributed by atoms with Crippen LogP contribution in [0.25, 0.3) is 0 Å². The van der Waals surface area contributed by atoms with Crippen LogP contribution in [0.5, 0.6) is 0 Å². The number of benzene rings is 1. The number of carbonyl (C=O) groups is 2. The summed E-state index contributed by atoms with van der Waals surface area (Å²) in [5, 5.41) is 6.02. The molecule has 1 aromatic rings. The molecule has 1 aromatic carbocycles. The summed E-state index contributed by atoms with van der Waals surface area (Å²) in [6.07, 6.45) is 0. The molecular weight excluding hydrogens is 287 g/mol. The van der Waals surface area contributed by atoms with Gasteiger partial charge in [0.15, 0.2) is 0 Å². The Morgan fingerprint density at radius 1 is 1.16 bits per heavy atom. The van der Waals surface area contributed by atoms with Gasteiger partial charge in [-0.3, -0.25) is 9.59 Å². The quantitative estimate of drug-likeness (QED) is 0.839. The molecule has 19 heavy (non-hydrogen) atoms. The minimum Gasteiger partial charge on any atom is -0.348 e. The van der Waals surface area contributed by atoms with Gasteiger partial charge in [0, 0.05) is 23.1 Å². The van der Waals surface area contributed by atoms with Gasteiger partial charge in [-0.2, -0.15) is 0 Å². The first-order valence-corrected chi connectivity index (χ1v) is 6.65. The maximum absolute atomic E-state index is 11.5. The molecule has 0 atom stereocenters. The summed E-state index contributed by atoms with van der Waals surface area (Å²) in [5.41, 5.74) is 0.705. The molecule has 104 valence electrons. The standard InChI is InChI=1S/C13H16Cl2N2O2/c1-8(2)6-16-12(18)13(19)17-7-9-3-4-10(14)5-11(9)15/h3-5,8H,6-7H2,1-2H3,(H,16,18)(H,17,19). The van der Waals surface area contributed by atoms with Crippen molar-refractivity contribution in [2.24, 2.45) is 5.92 Å². The fourth-order valence-electron chi connectivity index (χ4n) is 1.30. The van der Waals surface area contributed by atoms with Crippen LogP contribution in [-0.4, -0.2) is 18.4 Å². The van der Waals surface area contributed by atoms with E-state index >= 15 is 0 Å². The van der Waals surface area contributed by atoms with Gasteiger partial charge in [-0.1, -0.05) is 43.1 Å². The van der Waals surface area contributed by atoms with Crippen molar-refractivity contribution in [3.05, 3.63) is 33.8 Å². The highest BCUT2D eigenvalue weighted by Gasteiger charge is 2.13. The summed E-state index contributed by atoms with van der Waals surface area (Å²) in [4.78, 5) is 22.9. The second kappa shape index (κ2) is 7.36. The summed E-state index contributed by atoms with van der Waals surface area (Å²) in [5.74, 6) is -1.02. The molecule has 0 saturated carbocycles. The zero-order chi connectivity index (χ0) is 14.4. The maximum Gasteiger partial charge on any atom is 0.309 e. The zero-order valence-corrected chi connectivity index (χ0v) is 12.3. The van der Waals surface area contributed by atoms with Crippen LogP contribution in [0.4, 0.5) is 0 Å². The topological polar surface area (TPSA) is 58.2 Å². The van der Waals surface area contributed by atoms with Crippen LogP contribution in [0.2, 0.25) is 10.0 Å². The van der Waals surface area contributed by atoms with E-state index in [0.717, 1.165) is 0 Å². The average molecular weight is 303 g/mol. The minimum absolute atomic E-state index is 0.184. The largest absolute Gasteiger partial charge is 0.348 e. The van der Waals surface area contributed by atoms with E-state index in [1.807, 2.05) is 13.8 Å². The number of amides is 2. The Morgan fingerprint density at radius 3 is 2.37 bits per heavy atom. The Kier molecular flexibility index (Phi) is 6.12. The molecule has 0 saturated heterocycles. The first-order valence-electron chi connectivity index (χ1n) is 5.90. The minimum atomic E-state index is -0.674. The molecule has 0 bridgehead atoms. The lowest BCUT2D eigenvalue weighted by Crippen LogP contribution is -2.40. The van der Waals surface area contributed by atoms with Crippen molar-refractivity contribution < 1.29 is 9.59 Å². The van der Waals surface area contributed by atoms with Crippen molar-refractivity contribution in [1.29, 1.82) is 0 Å². The van der Waals surface area contributed by atoms with Crippen LogP contribution < -0.4 is 10.6 Å². The van der Waals surface area contributed by atoms with Gasteiger partial charge in [-0.25, -0.2) is 0 Å². The van der Waals surface area contributed by atoms with Gasteiger partial charge in [0.25, 0.3) is 0 Å². The molecule has 0 heterocycles. The van der Waals surface area contributed by atoms with E-state index in [-0.39, 0.29) is 6.54 Å². The molecule has 6 heteroatoms. The first-order chi connectivity index (χ1) is 8.90. The lowest BCUT2D eigenvalue weighted by molar-refractivity contribution is -0.139. The fourth-order valence-corrected chi connectivity index (χ4v) is 1.77. The molecule has 1 rings (SSSR count). The lowest BCUT2D eigenvalue weighted by atomic mass is 10.2. The van der Waals surface area contributed by atoms with Gasteiger partial charge < -0.3 is 10.6 Å². The third-order valence-electron chi connectivity index (χ3n) is 2.33. The first kappa shape index (κ1) is 15.8. The lowest BCUT2D eigenvalue weighted by Gasteiger charge is -2.09. The Hall–Kier alpha value is -1.26. The molecule has 2 amide bonds. The van der Waals surface area contributed by atoms with Crippen molar-refractivity contribution in [2.45, 2.75) is 20.4 Å². The molecular formula is C13H16Cl2N2O2. The molecule has 4 nitrogen and oxygen atoms in total. The summed E-state index contributed by atoms with van der Waals surface area (Å²) in [6, 6.07) is 4.97. The molecule has 0 spiro atoms. The normalized spacial score (nSPS) is 10.4. The van der Waals surface area contributed by atoms with E-state index < -0.39 is 11.8 Å². The summed E-state index contributed by atoms with van der Waals surface area (Å²) in [6.45, 7) is 4.55. The van der Waals surface area contributed by atoms with Crippen molar-refractivity contribution in [2.75, 3.05) is 6.54 Å². The van der Waals surface area contributed by atoms with E-state index in [1.165, 1.54) is 0 Å². The molecule has 0 aromatic heterocycles. The smallest absolute Gasteiger partial charge is 0.309 e. The summed E-state index contributed by atoms with van der Waals surface area (Å²) < 4.78 is 0. The van der Waals surface area contributed by atoms with Crippen LogP contribution in [0.15, 0.2) is 18.2 Å². The van der Waals surface area contributed by atoms with Crippen molar-refractivity contribution >= 4 is 35.0 Å². The van der Waals surface area contributed by atoms with Gasteiger partial charge in [0.2, 0.25) is 0 Å². The highest BCUT2D eigenvalue weighted by molar-refractivity contribution is 6.36. The van der Waals surface area contributed by atoms with Gasteiger partial charge in [-0.15, -0.1) is 0 Å². The Labute approximate surface area is 122 Å². The van der Waals surface area contributed by atoms with E-state index in [9.17, 15) is 9.59 Å². The number of hydrogen-bond donors (Lipinski definition) is 2. The second-order valence-electron chi connectivity index (χ2n) is 4.52. The SMILES string of the molecule is CC(C)CNC(=O)C(=O)NCc1ccc(Cl)cc1Cl. The highest BCUT2D eigenvalue weighted by atomic mass is 35.5. The zero-order valence-electron chi connectivity index (χ0n) is 10.8. The summed E-state index contributed by atoms with van der Waals surface area (Å²) in [7, 11) is 0. The third-order valence-corrected chi connectivity index (χ3v) is 2.92. The number of hydrogen-bond acceptors (Lipinski definition) is 2. The molecule has 2 N–H and O–H groups in total. The molecule has 0 aliphatic rings. The van der Waals surface area contributed by atoms with Gasteiger partial charge >= 0.3 is 11.8 Å². The van der Waals surface area contributed by atoms with Gasteiger partial charge in [-0.05, 0) is 23.6 Å². The number of halogens is 2. The highest BCUT2D eigenvalue weighted by Crippen LogP contribution is 2.20. The molecule has 0 aliphatic carbocycles. The van der Waals surface area contributed by atoms with Crippen LogP contribution in [0, 0.1) is 5.92 Å². The van der Waals surface area contributed by atoms with Crippen molar-refractivity contribution in [3.8, 4) is 0 Å². The fraction of sp³-hybridized carbons (Fsp3) is 0.385. The molecule has 0 aliphatic heterocycles. The van der Waals surface area contributed by atoms with E-state index in [4.69, 9.17) is 23.2 Å². The predicted molar refractivity (Wildman–Crippen MR) is 76.2 cm³/mol. The molecule has 0 fully saturated rings. The predicted octanol–water partition coefficient (Wildman–Crippen LogP) is 2.38. The number of rotatable bonds is 4. The second-order valence-corrected chi connectivity index (χ2v) is 5.37. The average Bonchev–Trinajstić information content (AvgIpc) is 2.34. The molecule has 0 radical (unpaired) electrons. The third kappa shape index (κ3) is 5.49. The van der Waals surface area contributed by atoms with Gasteiger partial charge in [0.05, 0.1) is 0 Å². The Morgan fingerprint density at radius 2 is 1.79 bits per heavy atom. The summed E-state index contributed by atoms with van der Waals surface area (Å²) >= 11 is 11.7. The molecule has 0 unspecified atom stereocenters. The Bertz CT molecular complexity index is 476. The van der Waals surface area contributed by atoms with Crippen LogP contribution >= 0.6 is 23.2 Å². The van der Waals surface area contributed by atoms with Crippen molar-refractivity contribution in [3.63, 3.8) is 0 Å². The number of nitrogens with one attached hydrogen (secondary N) is 2. The van der Waals surface area contributed by atoms with Crippen molar-refractivity contribution in [1.82, 2.24) is 10.6 Å². The monoisotopic (exact) mass is 302 g/mol. The maximum atomic E-state index is 11.5. The number of carbonyl (C=O) groups excluding carboxylic acids is 2. The van der Waals surface area contributed by atoms with E-state index in [0.29, 0.717) is 28.1 Å². The van der Waals surface area contributed by atoms with Crippen LogP contribution in [0.3, 0.4) is 0 Å². The van der Waals surface area contributed by atoms with Gasteiger partial charge in [0.1, 0.15) is 0 Å². The van der Waals surface area contributed by atoms with E-state index in [1.54, 1.807) is 18.2 Å². The van der Waals surface area contributed by atoms with E-state index in [2.05, 4.69) is 10.6 Å². The Balaban J connectivity index is 2.47.